The summed E-state index contributed by atoms with van der Waals surface area (Å²) in [5.41, 5.74) is -0.336. The summed E-state index contributed by atoms with van der Waals surface area (Å²) in [7, 11) is -0.215. The Morgan fingerprint density at radius 2 is 2.10 bits per heavy atom. The molecule has 2 heterocycles. The highest BCUT2D eigenvalue weighted by molar-refractivity contribution is 8.25. The molecule has 2 aromatic rings. The van der Waals surface area contributed by atoms with Gasteiger partial charge in [-0.3, -0.25) is 23.3 Å². The number of methoxy groups -OCH3 is 1. The second-order valence-electron chi connectivity index (χ2n) is 6.98. The number of ether oxygens (including phenoxy) is 1. The van der Waals surface area contributed by atoms with Crippen LogP contribution in [-0.2, 0) is 13.5 Å². The second kappa shape index (κ2) is 8.94. The smallest absolute Gasteiger partial charge is 0.297 e. The summed E-state index contributed by atoms with van der Waals surface area (Å²) in [4.78, 5) is 29.1. The maximum Gasteiger partial charge on any atom is 0.297 e. The zero-order chi connectivity index (χ0) is 21.9. The highest BCUT2D eigenvalue weighted by Gasteiger charge is 2.31. The maximum absolute atomic E-state index is 12.6. The van der Waals surface area contributed by atoms with E-state index < -0.39 is 33.7 Å². The average molecular weight is 439 g/mol. The van der Waals surface area contributed by atoms with E-state index in [1.165, 1.54) is 11.4 Å². The van der Waals surface area contributed by atoms with Gasteiger partial charge >= 0.3 is 0 Å². The van der Waals surface area contributed by atoms with Gasteiger partial charge in [-0.2, -0.15) is 0 Å². The molecule has 0 bridgehead atoms. The van der Waals surface area contributed by atoms with Gasteiger partial charge in [-0.1, -0.05) is 12.1 Å². The van der Waals surface area contributed by atoms with Crippen LogP contribution in [-0.4, -0.2) is 55.6 Å². The Balaban J connectivity index is 1.80. The first-order valence-electron chi connectivity index (χ1n) is 9.49. The Bertz CT molecular complexity index is 993. The van der Waals surface area contributed by atoms with E-state index in [-0.39, 0.29) is 24.8 Å². The van der Waals surface area contributed by atoms with Gasteiger partial charge in [0.1, 0.15) is 5.75 Å². The number of benzene rings is 1. The fraction of sp³-hybridized carbons (Fsp3) is 0.421. The van der Waals surface area contributed by atoms with Crippen LogP contribution >= 0.6 is 10.8 Å². The van der Waals surface area contributed by atoms with Crippen LogP contribution in [0.4, 0.5) is 5.95 Å². The van der Waals surface area contributed by atoms with Gasteiger partial charge in [-0.05, 0) is 37.0 Å². The van der Waals surface area contributed by atoms with Crippen molar-refractivity contribution in [1.82, 2.24) is 14.9 Å². The number of rotatable bonds is 6. The number of anilines is 1. The SMILES string of the molecule is COc1cccc(CCNC(=O)c2nc(N3CCCCS3(O)O)n(C)c(=O)c2O)c1. The third-order valence-electron chi connectivity index (χ3n) is 4.90. The summed E-state index contributed by atoms with van der Waals surface area (Å²) in [6.45, 7) is 0.529. The first-order chi connectivity index (χ1) is 14.2. The highest BCUT2D eigenvalue weighted by atomic mass is 32.3. The van der Waals surface area contributed by atoms with E-state index in [9.17, 15) is 23.8 Å². The lowest BCUT2D eigenvalue weighted by atomic mass is 10.1. The third kappa shape index (κ3) is 4.53. The molecule has 1 aliphatic rings. The first-order valence-corrected chi connectivity index (χ1v) is 11.2. The Kier molecular flexibility index (Phi) is 6.54. The van der Waals surface area contributed by atoms with Crippen LogP contribution in [0.3, 0.4) is 0 Å². The van der Waals surface area contributed by atoms with Crippen LogP contribution in [0.2, 0.25) is 0 Å². The zero-order valence-electron chi connectivity index (χ0n) is 16.9. The van der Waals surface area contributed by atoms with Crippen LogP contribution in [0.25, 0.3) is 0 Å². The number of hydrogen-bond donors (Lipinski definition) is 4. The molecule has 10 nitrogen and oxygen atoms in total. The first kappa shape index (κ1) is 21.9. The molecule has 11 heteroatoms. The lowest BCUT2D eigenvalue weighted by molar-refractivity contribution is 0.0945. The van der Waals surface area contributed by atoms with E-state index in [2.05, 4.69) is 10.3 Å². The van der Waals surface area contributed by atoms with Crippen molar-refractivity contribution >= 4 is 22.6 Å². The molecule has 30 heavy (non-hydrogen) atoms. The minimum atomic E-state index is -3.14. The van der Waals surface area contributed by atoms with Crippen molar-refractivity contribution in [2.75, 3.05) is 30.3 Å². The topological polar surface area (TPSA) is 137 Å². The van der Waals surface area contributed by atoms with Gasteiger partial charge in [0.05, 0.1) is 12.9 Å². The van der Waals surface area contributed by atoms with E-state index >= 15 is 0 Å². The van der Waals surface area contributed by atoms with E-state index in [0.29, 0.717) is 25.0 Å². The molecule has 1 aromatic carbocycles. The molecule has 1 amide bonds. The molecular formula is C19H26N4O6S. The van der Waals surface area contributed by atoms with Crippen molar-refractivity contribution < 1.29 is 23.7 Å². The minimum Gasteiger partial charge on any atom is -0.501 e. The summed E-state index contributed by atoms with van der Waals surface area (Å²) in [5, 5.41) is 12.8. The fourth-order valence-electron chi connectivity index (χ4n) is 3.23. The Morgan fingerprint density at radius 3 is 2.80 bits per heavy atom. The molecule has 0 radical (unpaired) electrons. The standard InChI is InChI=1S/C19H26N4O6S/c1-22-18(26)16(24)15(21-19(22)23-10-3-4-11-30(23,27)28)17(25)20-9-8-13-6-5-7-14(12-13)29-2/h5-7,12,24,27-28H,3-4,8-11H2,1-2H3,(H,20,25). The number of carbonyl (C=O) groups excluding carboxylic acids is 1. The van der Waals surface area contributed by atoms with Gasteiger partial charge in [-0.25, -0.2) is 9.29 Å². The lowest BCUT2D eigenvalue weighted by Gasteiger charge is -2.46. The van der Waals surface area contributed by atoms with Crippen molar-refractivity contribution in [2.24, 2.45) is 7.05 Å². The third-order valence-corrected chi connectivity index (χ3v) is 6.79. The number of aromatic nitrogens is 2. The lowest BCUT2D eigenvalue weighted by Crippen LogP contribution is -2.40. The highest BCUT2D eigenvalue weighted by Crippen LogP contribution is 2.48. The number of hydrogen-bond acceptors (Lipinski definition) is 8. The Hall–Kier alpha value is -2.76. The molecule has 0 unspecified atom stereocenters. The maximum atomic E-state index is 12.6. The molecule has 1 aliphatic heterocycles. The van der Waals surface area contributed by atoms with Crippen molar-refractivity contribution in [3.63, 3.8) is 0 Å². The number of nitrogens with one attached hydrogen (secondary N) is 1. The van der Waals surface area contributed by atoms with Crippen LogP contribution in [0.5, 0.6) is 11.5 Å². The van der Waals surface area contributed by atoms with Crippen LogP contribution in [0, 0.1) is 0 Å². The number of carbonyl (C=O) groups is 1. The van der Waals surface area contributed by atoms with Crippen molar-refractivity contribution in [3.8, 4) is 11.5 Å². The number of amides is 1. The Labute approximate surface area is 175 Å². The van der Waals surface area contributed by atoms with E-state index in [1.807, 2.05) is 24.3 Å². The predicted molar refractivity (Wildman–Crippen MR) is 114 cm³/mol. The molecular weight excluding hydrogens is 412 g/mol. The normalized spacial score (nSPS) is 16.7. The number of nitrogens with zero attached hydrogens (tertiary/aromatic N) is 3. The molecule has 4 N–H and O–H groups in total. The van der Waals surface area contributed by atoms with Crippen molar-refractivity contribution in [1.29, 1.82) is 0 Å². The van der Waals surface area contributed by atoms with Gasteiger partial charge in [0, 0.05) is 20.1 Å². The van der Waals surface area contributed by atoms with E-state index in [1.54, 1.807) is 7.11 Å². The van der Waals surface area contributed by atoms with E-state index in [0.717, 1.165) is 10.1 Å². The van der Waals surface area contributed by atoms with Gasteiger partial charge in [0.15, 0.2) is 5.69 Å². The fourth-order valence-corrected chi connectivity index (χ4v) is 4.89. The second-order valence-corrected chi connectivity index (χ2v) is 9.09. The summed E-state index contributed by atoms with van der Waals surface area (Å²) in [5.74, 6) is -0.701. The number of aromatic hydroxyl groups is 1. The van der Waals surface area contributed by atoms with Crippen LogP contribution < -0.4 is 19.9 Å². The van der Waals surface area contributed by atoms with Crippen molar-refractivity contribution in [3.05, 3.63) is 45.9 Å². The average Bonchev–Trinajstić information content (AvgIpc) is 2.72. The van der Waals surface area contributed by atoms with Gasteiger partial charge in [0.25, 0.3) is 11.5 Å². The molecule has 3 rings (SSSR count). The molecule has 1 fully saturated rings. The molecule has 164 valence electrons. The summed E-state index contributed by atoms with van der Waals surface area (Å²) < 4.78 is 28.1. The molecule has 0 atom stereocenters. The quantitative estimate of drug-likeness (QED) is 0.535. The van der Waals surface area contributed by atoms with Gasteiger partial charge in [0.2, 0.25) is 11.7 Å². The molecule has 1 aromatic heterocycles. The van der Waals surface area contributed by atoms with Gasteiger partial charge < -0.3 is 15.2 Å². The van der Waals surface area contributed by atoms with Crippen molar-refractivity contribution in [2.45, 2.75) is 19.3 Å². The van der Waals surface area contributed by atoms with Gasteiger partial charge in [-0.15, -0.1) is 10.8 Å². The molecule has 0 saturated carbocycles. The van der Waals surface area contributed by atoms with E-state index in [4.69, 9.17) is 4.74 Å². The van der Waals surface area contributed by atoms with Crippen LogP contribution in [0.1, 0.15) is 28.9 Å². The Morgan fingerprint density at radius 1 is 1.33 bits per heavy atom. The monoisotopic (exact) mass is 438 g/mol. The largest absolute Gasteiger partial charge is 0.501 e. The summed E-state index contributed by atoms with van der Waals surface area (Å²) in [6.07, 6.45) is 1.84. The molecule has 0 spiro atoms. The zero-order valence-corrected chi connectivity index (χ0v) is 17.7. The summed E-state index contributed by atoms with van der Waals surface area (Å²) in [6, 6.07) is 7.39. The molecule has 0 aliphatic carbocycles. The molecule has 1 saturated heterocycles. The van der Waals surface area contributed by atoms with Crippen LogP contribution in [0.15, 0.2) is 29.1 Å². The summed E-state index contributed by atoms with van der Waals surface area (Å²) >= 11 is 0. The predicted octanol–water partition coefficient (Wildman–Crippen LogP) is 1.73. The minimum absolute atomic E-state index is 0.0598.